The van der Waals surface area contributed by atoms with Crippen LogP contribution in [0.25, 0.3) is 0 Å². The smallest absolute Gasteiger partial charge is 0.319 e. The summed E-state index contributed by atoms with van der Waals surface area (Å²) in [6, 6.07) is 13.6. The molecule has 0 radical (unpaired) electrons. The van der Waals surface area contributed by atoms with Crippen molar-refractivity contribution < 1.29 is 19.1 Å². The first-order chi connectivity index (χ1) is 17.2. The minimum Gasteiger partial charge on any atom is -0.490 e. The number of aromatic nitrogens is 1. The number of aryl methyl sites for hydroxylation is 1. The third kappa shape index (κ3) is 7.86. The number of hydrogen-bond donors (Lipinski definition) is 3. The molecule has 10 heteroatoms. The fourth-order valence-electron chi connectivity index (χ4n) is 3.10. The molecule has 3 N–H and O–H groups in total. The molecule has 0 fully saturated rings. The summed E-state index contributed by atoms with van der Waals surface area (Å²) in [5.74, 6) is 1.35. The van der Waals surface area contributed by atoms with Gasteiger partial charge < -0.3 is 30.3 Å². The van der Waals surface area contributed by atoms with E-state index in [0.717, 1.165) is 17.7 Å². The van der Waals surface area contributed by atoms with Crippen LogP contribution >= 0.6 is 11.6 Å². The van der Waals surface area contributed by atoms with Gasteiger partial charge in [-0.1, -0.05) is 23.7 Å². The second-order valence-corrected chi connectivity index (χ2v) is 8.67. The van der Waals surface area contributed by atoms with Crippen molar-refractivity contribution in [2.75, 3.05) is 39.6 Å². The lowest BCUT2D eigenvalue weighted by molar-refractivity contribution is 0.0957. The number of halogens is 1. The fourth-order valence-corrected chi connectivity index (χ4v) is 3.26. The predicted octanol–water partition coefficient (Wildman–Crippen LogP) is 4.46. The van der Waals surface area contributed by atoms with E-state index in [9.17, 15) is 9.59 Å². The zero-order chi connectivity index (χ0) is 26.1. The highest BCUT2D eigenvalue weighted by atomic mass is 35.5. The number of ether oxygens (including phenoxy) is 2. The number of anilines is 1. The molecule has 36 heavy (non-hydrogen) atoms. The van der Waals surface area contributed by atoms with Crippen LogP contribution in [-0.2, 0) is 6.54 Å². The monoisotopic (exact) mass is 511 g/mol. The summed E-state index contributed by atoms with van der Waals surface area (Å²) < 4.78 is 11.7. The van der Waals surface area contributed by atoms with Gasteiger partial charge in [-0.3, -0.25) is 9.78 Å². The van der Waals surface area contributed by atoms with Gasteiger partial charge in [0.25, 0.3) is 5.91 Å². The largest absolute Gasteiger partial charge is 0.490 e. The molecule has 190 valence electrons. The Morgan fingerprint density at radius 2 is 1.81 bits per heavy atom. The van der Waals surface area contributed by atoms with E-state index in [2.05, 4.69) is 20.9 Å². The van der Waals surface area contributed by atoms with Gasteiger partial charge in [-0.05, 0) is 62.5 Å². The highest BCUT2D eigenvalue weighted by molar-refractivity contribution is 6.31. The molecule has 0 aliphatic carbocycles. The Bertz CT molecular complexity index is 1200. The zero-order valence-corrected chi connectivity index (χ0v) is 21.5. The second kappa shape index (κ2) is 12.8. The average Bonchev–Trinajstić information content (AvgIpc) is 2.86. The van der Waals surface area contributed by atoms with Crippen LogP contribution in [0.5, 0.6) is 17.2 Å². The molecular formula is C26H30ClN5O4. The first-order valence-corrected chi connectivity index (χ1v) is 11.7. The van der Waals surface area contributed by atoms with Crippen LogP contribution in [0.3, 0.4) is 0 Å². The lowest BCUT2D eigenvalue weighted by atomic mass is 10.2. The highest BCUT2D eigenvalue weighted by Crippen LogP contribution is 2.31. The number of hydrogen-bond acceptors (Lipinski definition) is 6. The second-order valence-electron chi connectivity index (χ2n) is 8.26. The fraction of sp³-hybridized carbons (Fsp3) is 0.269. The van der Waals surface area contributed by atoms with Gasteiger partial charge in [0.2, 0.25) is 0 Å². The van der Waals surface area contributed by atoms with Crippen molar-refractivity contribution in [1.82, 2.24) is 20.5 Å². The lowest BCUT2D eigenvalue weighted by Crippen LogP contribution is -2.28. The number of pyridine rings is 1. The molecule has 3 aromatic rings. The number of likely N-dealkylation sites (N-methyl/N-ethyl adjacent to an activating group) is 1. The summed E-state index contributed by atoms with van der Waals surface area (Å²) in [4.78, 5) is 30.3. The topological polar surface area (TPSA) is 105 Å². The quantitative estimate of drug-likeness (QED) is 0.371. The van der Waals surface area contributed by atoms with Crippen molar-refractivity contribution in [3.8, 4) is 17.2 Å². The number of amides is 3. The maximum Gasteiger partial charge on any atom is 0.319 e. The molecule has 1 heterocycles. The van der Waals surface area contributed by atoms with Gasteiger partial charge in [0.05, 0.1) is 5.69 Å². The molecule has 3 rings (SSSR count). The van der Waals surface area contributed by atoms with Crippen LogP contribution in [-0.4, -0.2) is 56.1 Å². The maximum absolute atomic E-state index is 12.5. The van der Waals surface area contributed by atoms with Crippen LogP contribution in [0, 0.1) is 6.92 Å². The lowest BCUT2D eigenvalue weighted by Gasteiger charge is -2.16. The number of nitrogens with zero attached hydrogens (tertiary/aromatic N) is 2. The highest BCUT2D eigenvalue weighted by Gasteiger charge is 2.12. The van der Waals surface area contributed by atoms with Gasteiger partial charge in [0, 0.05) is 37.4 Å². The number of urea groups is 1. The molecule has 0 saturated heterocycles. The number of carbonyl (C=O) groups excluding carboxylic acids is 2. The van der Waals surface area contributed by atoms with Gasteiger partial charge in [0.15, 0.2) is 0 Å². The molecule has 1 aromatic heterocycles. The van der Waals surface area contributed by atoms with Crippen LogP contribution in [0.4, 0.5) is 10.5 Å². The summed E-state index contributed by atoms with van der Waals surface area (Å²) in [5.41, 5.74) is 2.51. The molecule has 0 saturated carbocycles. The summed E-state index contributed by atoms with van der Waals surface area (Å²) >= 11 is 6.26. The molecule has 0 bridgehead atoms. The Hall–Kier alpha value is -3.82. The van der Waals surface area contributed by atoms with E-state index in [1.54, 1.807) is 37.4 Å². The first kappa shape index (κ1) is 26.8. The zero-order valence-electron chi connectivity index (χ0n) is 20.7. The summed E-state index contributed by atoms with van der Waals surface area (Å²) in [6.45, 7) is 3.40. The van der Waals surface area contributed by atoms with Crippen molar-refractivity contribution in [2.24, 2.45) is 0 Å². The number of rotatable bonds is 10. The number of nitrogens with one attached hydrogen (secondary N) is 3. The maximum atomic E-state index is 12.5. The molecule has 0 aliphatic heterocycles. The Morgan fingerprint density at radius 3 is 2.50 bits per heavy atom. The van der Waals surface area contributed by atoms with Gasteiger partial charge in [-0.15, -0.1) is 0 Å². The Morgan fingerprint density at radius 1 is 1.06 bits per heavy atom. The summed E-state index contributed by atoms with van der Waals surface area (Å²) in [7, 11) is 5.47. The molecule has 0 spiro atoms. The molecule has 9 nitrogen and oxygen atoms in total. The normalized spacial score (nSPS) is 10.6. The van der Waals surface area contributed by atoms with E-state index in [0.29, 0.717) is 41.1 Å². The van der Waals surface area contributed by atoms with Crippen LogP contribution in [0.2, 0.25) is 5.02 Å². The molecule has 2 aromatic carbocycles. The van der Waals surface area contributed by atoms with Crippen LogP contribution in [0.15, 0.2) is 54.7 Å². The first-order valence-electron chi connectivity index (χ1n) is 11.3. The SMILES string of the molecule is CNC(=O)c1cc(Oc2ccc(CNC(=O)Nc3cc(Cl)c(C)cc3OCCN(C)C)cc2)ccn1. The number of benzene rings is 2. The van der Waals surface area contributed by atoms with E-state index >= 15 is 0 Å². The minimum atomic E-state index is -0.383. The van der Waals surface area contributed by atoms with E-state index in [-0.39, 0.29) is 17.6 Å². The van der Waals surface area contributed by atoms with Gasteiger partial charge in [-0.2, -0.15) is 0 Å². The van der Waals surface area contributed by atoms with Crippen molar-refractivity contribution in [3.05, 3.63) is 76.6 Å². The Labute approximate surface area is 215 Å². The van der Waals surface area contributed by atoms with Crippen LogP contribution in [0.1, 0.15) is 21.6 Å². The van der Waals surface area contributed by atoms with E-state index in [1.165, 1.54) is 6.20 Å². The predicted molar refractivity (Wildman–Crippen MR) is 140 cm³/mol. The average molecular weight is 512 g/mol. The molecule has 3 amide bonds. The van der Waals surface area contributed by atoms with Gasteiger partial charge in [-0.25, -0.2) is 4.79 Å². The van der Waals surface area contributed by atoms with Crippen molar-refractivity contribution in [2.45, 2.75) is 13.5 Å². The standard InChI is InChI=1S/C26H30ClN5O4/c1-17-13-24(35-12-11-32(3)4)22(15-21(17)27)31-26(34)30-16-18-5-7-19(8-6-18)36-20-9-10-29-23(14-20)25(33)28-2/h5-10,13-15H,11-12,16H2,1-4H3,(H,28,33)(H2,30,31,34). The minimum absolute atomic E-state index is 0.267. The summed E-state index contributed by atoms with van der Waals surface area (Å²) in [5, 5.41) is 8.71. The van der Waals surface area contributed by atoms with E-state index in [4.69, 9.17) is 21.1 Å². The molecule has 0 unspecified atom stereocenters. The molecule has 0 aliphatic rings. The summed E-state index contributed by atoms with van der Waals surface area (Å²) in [6.07, 6.45) is 1.51. The van der Waals surface area contributed by atoms with Crippen molar-refractivity contribution in [1.29, 1.82) is 0 Å². The van der Waals surface area contributed by atoms with Crippen molar-refractivity contribution >= 4 is 29.2 Å². The van der Waals surface area contributed by atoms with Crippen molar-refractivity contribution in [3.63, 3.8) is 0 Å². The Kier molecular flexibility index (Phi) is 9.49. The number of carbonyl (C=O) groups is 2. The van der Waals surface area contributed by atoms with Gasteiger partial charge in [0.1, 0.15) is 29.5 Å². The molecular weight excluding hydrogens is 482 g/mol. The van der Waals surface area contributed by atoms with Gasteiger partial charge >= 0.3 is 6.03 Å². The molecule has 0 atom stereocenters. The third-order valence-electron chi connectivity index (χ3n) is 5.11. The van der Waals surface area contributed by atoms with E-state index < -0.39 is 0 Å². The van der Waals surface area contributed by atoms with Crippen LogP contribution < -0.4 is 25.4 Å². The Balaban J connectivity index is 1.56. The third-order valence-corrected chi connectivity index (χ3v) is 5.52. The van der Waals surface area contributed by atoms with E-state index in [1.807, 2.05) is 44.1 Å².